The number of hydrogen-bond donors (Lipinski definition) is 3. The Balaban J connectivity index is 1.00. The number of fused-ring (bicyclic) bond motifs is 1. The van der Waals surface area contributed by atoms with E-state index in [1.807, 2.05) is 18.2 Å². The second-order valence-corrected chi connectivity index (χ2v) is 19.6. The van der Waals surface area contributed by atoms with Crippen molar-refractivity contribution in [3.63, 3.8) is 0 Å². The van der Waals surface area contributed by atoms with Gasteiger partial charge in [0.1, 0.15) is 22.9 Å². The third-order valence-electron chi connectivity index (χ3n) is 12.4. The second-order valence-electron chi connectivity index (χ2n) is 17.5. The quantitative estimate of drug-likeness (QED) is 0.0493. The maximum Gasteiger partial charge on any atom is 0.297 e. The highest BCUT2D eigenvalue weighted by Gasteiger charge is 2.31. The Morgan fingerprint density at radius 3 is 2.49 bits per heavy atom. The summed E-state index contributed by atoms with van der Waals surface area (Å²) < 4.78 is 47.1. The molecule has 2 aliphatic heterocycles. The minimum atomic E-state index is -4.67. The molecule has 344 valence electrons. The number of carbonyl (C=O) groups is 1. The van der Waals surface area contributed by atoms with Gasteiger partial charge in [-0.15, -0.1) is 0 Å². The first kappa shape index (κ1) is 45.8. The minimum absolute atomic E-state index is 0.0441. The van der Waals surface area contributed by atoms with E-state index >= 15 is 0 Å². The standard InChI is InChI=1S/C47H55ClN8O8S/c1-47(2)13-11-34(40(29-47)32-5-7-35(48)8-6-32)31-54-17-19-55(20-18-54)36-9-10-39(42(26-36)64-37-25-33-12-15-50-45(33)51-30-37)46(57)52-65(60,61)38-27-41(56(58)59)44(43(28-38)62-3)49-14-4-16-53-21-23-63-24-22-53/h5-10,12,15,25-28,30,49H,4,11,13-14,16-24,29,31H2,1-3H3,(H,50,51)(H,52,57). The molecule has 65 heavy (non-hydrogen) atoms. The van der Waals surface area contributed by atoms with Gasteiger partial charge < -0.3 is 29.4 Å². The molecule has 0 atom stereocenters. The summed E-state index contributed by atoms with van der Waals surface area (Å²) in [5.74, 6) is -0.595. The van der Waals surface area contributed by atoms with Crippen LogP contribution in [0, 0.1) is 15.5 Å². The number of morpholine rings is 1. The van der Waals surface area contributed by atoms with E-state index in [-0.39, 0.29) is 28.2 Å². The van der Waals surface area contributed by atoms with Crippen molar-refractivity contribution in [1.29, 1.82) is 0 Å². The first-order chi connectivity index (χ1) is 31.2. The van der Waals surface area contributed by atoms with Crippen LogP contribution in [0.1, 0.15) is 55.5 Å². The number of ether oxygens (including phenoxy) is 3. The molecule has 8 rings (SSSR count). The van der Waals surface area contributed by atoms with Crippen molar-refractivity contribution in [2.45, 2.75) is 44.4 Å². The van der Waals surface area contributed by atoms with E-state index in [1.54, 1.807) is 24.4 Å². The number of rotatable bonds is 16. The first-order valence-electron chi connectivity index (χ1n) is 21.9. The number of anilines is 2. The molecular weight excluding hydrogens is 872 g/mol. The molecule has 0 radical (unpaired) electrons. The van der Waals surface area contributed by atoms with E-state index in [0.717, 1.165) is 86.8 Å². The Kier molecular flexibility index (Phi) is 14.0. The number of aromatic amines is 1. The monoisotopic (exact) mass is 926 g/mol. The van der Waals surface area contributed by atoms with Crippen LogP contribution in [0.5, 0.6) is 17.2 Å². The smallest absolute Gasteiger partial charge is 0.297 e. The highest BCUT2D eigenvalue weighted by atomic mass is 35.5. The molecule has 0 spiro atoms. The lowest BCUT2D eigenvalue weighted by Gasteiger charge is -2.39. The average molecular weight is 928 g/mol. The Morgan fingerprint density at radius 1 is 0.985 bits per heavy atom. The maximum atomic E-state index is 14.1. The predicted octanol–water partition coefficient (Wildman–Crippen LogP) is 7.96. The summed E-state index contributed by atoms with van der Waals surface area (Å²) in [5, 5.41) is 16.9. The summed E-state index contributed by atoms with van der Waals surface area (Å²) in [6.45, 7) is 12.7. The van der Waals surface area contributed by atoms with Crippen molar-refractivity contribution >= 4 is 61.2 Å². The number of methoxy groups -OCH3 is 1. The lowest BCUT2D eigenvalue weighted by molar-refractivity contribution is -0.384. The molecule has 3 N–H and O–H groups in total. The number of sulfonamides is 1. The number of pyridine rings is 1. The number of amides is 1. The molecule has 0 unspecified atom stereocenters. The van der Waals surface area contributed by atoms with Crippen molar-refractivity contribution in [2.24, 2.45) is 5.41 Å². The lowest BCUT2D eigenvalue weighted by atomic mass is 9.72. The van der Waals surface area contributed by atoms with Gasteiger partial charge in [0.25, 0.3) is 21.6 Å². The average Bonchev–Trinajstić information content (AvgIpc) is 3.77. The van der Waals surface area contributed by atoms with E-state index < -0.39 is 31.4 Å². The van der Waals surface area contributed by atoms with Crippen molar-refractivity contribution in [2.75, 3.05) is 89.4 Å². The number of nitro groups is 1. The van der Waals surface area contributed by atoms with Gasteiger partial charge in [-0.05, 0) is 85.2 Å². The Bertz CT molecular complexity index is 2680. The highest BCUT2D eigenvalue weighted by molar-refractivity contribution is 7.90. The number of hydrogen-bond acceptors (Lipinski definition) is 13. The van der Waals surface area contributed by atoms with E-state index in [0.29, 0.717) is 50.7 Å². The molecule has 3 aliphatic rings. The molecule has 1 aliphatic carbocycles. The number of H-pyrrole nitrogens is 1. The van der Waals surface area contributed by atoms with E-state index in [1.165, 1.54) is 36.1 Å². The maximum absolute atomic E-state index is 14.1. The molecule has 18 heteroatoms. The SMILES string of the molecule is COc1cc(S(=O)(=O)NC(=O)c2ccc(N3CCN(CC4=C(c5ccc(Cl)cc5)CC(C)(C)CC4)CC3)cc2Oc2cnc3[nH]ccc3c2)cc([N+](=O)[O-])c1NCCCN1CCOCC1. The van der Waals surface area contributed by atoms with Crippen LogP contribution < -0.4 is 24.4 Å². The van der Waals surface area contributed by atoms with E-state index in [4.69, 9.17) is 25.8 Å². The summed E-state index contributed by atoms with van der Waals surface area (Å²) in [6.07, 6.45) is 7.13. The van der Waals surface area contributed by atoms with Crippen LogP contribution >= 0.6 is 11.6 Å². The number of benzene rings is 3. The topological polar surface area (TPSA) is 184 Å². The minimum Gasteiger partial charge on any atom is -0.494 e. The summed E-state index contributed by atoms with van der Waals surface area (Å²) in [5.41, 5.74) is 5.23. The molecule has 2 fully saturated rings. The van der Waals surface area contributed by atoms with Gasteiger partial charge in [0.05, 0.1) is 41.9 Å². The number of nitrogens with zero attached hydrogens (tertiary/aromatic N) is 5. The molecule has 0 bridgehead atoms. The van der Waals surface area contributed by atoms with Gasteiger partial charge >= 0.3 is 0 Å². The highest BCUT2D eigenvalue weighted by Crippen LogP contribution is 2.44. The second kappa shape index (κ2) is 19.8. The largest absolute Gasteiger partial charge is 0.494 e. The van der Waals surface area contributed by atoms with Gasteiger partial charge in [0.15, 0.2) is 5.69 Å². The van der Waals surface area contributed by atoms with Crippen molar-refractivity contribution in [1.82, 2.24) is 24.5 Å². The predicted molar refractivity (Wildman–Crippen MR) is 252 cm³/mol. The molecule has 5 aromatic rings. The molecule has 16 nitrogen and oxygen atoms in total. The lowest BCUT2D eigenvalue weighted by Crippen LogP contribution is -2.47. The molecule has 2 aromatic heterocycles. The number of piperazine rings is 1. The number of halogens is 1. The van der Waals surface area contributed by atoms with Gasteiger partial charge in [0, 0.05) is 92.9 Å². The fourth-order valence-corrected chi connectivity index (χ4v) is 9.90. The van der Waals surface area contributed by atoms with Gasteiger partial charge in [-0.25, -0.2) is 18.1 Å². The summed E-state index contributed by atoms with van der Waals surface area (Å²) >= 11 is 6.25. The van der Waals surface area contributed by atoms with Crippen LogP contribution in [0.25, 0.3) is 16.6 Å². The summed E-state index contributed by atoms with van der Waals surface area (Å²) in [7, 11) is -3.37. The number of nitrogens with one attached hydrogen (secondary N) is 3. The Hall–Kier alpha value is -5.72. The van der Waals surface area contributed by atoms with Crippen LogP contribution in [-0.2, 0) is 14.8 Å². The third kappa shape index (κ3) is 11.0. The van der Waals surface area contributed by atoms with E-state index in [2.05, 4.69) is 60.7 Å². The summed E-state index contributed by atoms with van der Waals surface area (Å²) in [6, 6.07) is 18.9. The summed E-state index contributed by atoms with van der Waals surface area (Å²) in [4.78, 5) is 39.6. The third-order valence-corrected chi connectivity index (χ3v) is 14.0. The van der Waals surface area contributed by atoms with Gasteiger partial charge in [0.2, 0.25) is 0 Å². The fraction of sp³-hybridized carbons (Fsp3) is 0.404. The van der Waals surface area contributed by atoms with Crippen molar-refractivity contribution < 1.29 is 32.3 Å². The normalized spacial score (nSPS) is 17.3. The van der Waals surface area contributed by atoms with E-state index in [9.17, 15) is 23.3 Å². The molecular formula is C47H55ClN8O8S. The molecule has 1 amide bonds. The van der Waals surface area contributed by atoms with Crippen LogP contribution in [0.4, 0.5) is 17.1 Å². The molecule has 2 saturated heterocycles. The molecule has 4 heterocycles. The zero-order chi connectivity index (χ0) is 45.7. The van der Waals surface area contributed by atoms with Gasteiger partial charge in [-0.1, -0.05) is 43.2 Å². The van der Waals surface area contributed by atoms with Gasteiger partial charge in [-0.3, -0.25) is 24.7 Å². The fourth-order valence-electron chi connectivity index (χ4n) is 8.77. The van der Waals surface area contributed by atoms with Crippen LogP contribution in [-0.4, -0.2) is 118 Å². The zero-order valence-electron chi connectivity index (χ0n) is 36.9. The number of allylic oxidation sites excluding steroid dienone is 1. The first-order valence-corrected chi connectivity index (χ1v) is 23.8. The van der Waals surface area contributed by atoms with Crippen LogP contribution in [0.2, 0.25) is 5.02 Å². The number of aromatic nitrogens is 2. The number of nitro benzene ring substituents is 1. The van der Waals surface area contributed by atoms with Crippen LogP contribution in [0.15, 0.2) is 89.6 Å². The number of carbonyl (C=O) groups excluding carboxylic acids is 1. The van der Waals surface area contributed by atoms with Crippen molar-refractivity contribution in [3.05, 3.63) is 111 Å². The Labute approximate surface area is 384 Å². The van der Waals surface area contributed by atoms with Crippen molar-refractivity contribution in [3.8, 4) is 17.2 Å². The van der Waals surface area contributed by atoms with Crippen LogP contribution in [0.3, 0.4) is 0 Å². The molecule has 0 saturated carbocycles. The Morgan fingerprint density at radius 2 is 1.75 bits per heavy atom. The molecule has 3 aromatic carbocycles. The zero-order valence-corrected chi connectivity index (χ0v) is 38.5. The van der Waals surface area contributed by atoms with Gasteiger partial charge in [-0.2, -0.15) is 0 Å².